The van der Waals surface area contributed by atoms with Crippen LogP contribution in [0, 0.1) is 0 Å². The molecule has 1 amide bonds. The SMILES string of the molecule is CN(C(=O)c1cscn1)C(C)(C)C(=O)O. The van der Waals surface area contributed by atoms with Crippen LogP contribution in [0.1, 0.15) is 24.3 Å². The predicted molar refractivity (Wildman–Crippen MR) is 55.9 cm³/mol. The second-order valence-electron chi connectivity index (χ2n) is 3.60. The number of rotatable bonds is 3. The van der Waals surface area contributed by atoms with E-state index in [4.69, 9.17) is 5.11 Å². The number of likely N-dealkylation sites (N-methyl/N-ethyl adjacent to an activating group) is 1. The minimum atomic E-state index is -1.24. The number of aromatic nitrogens is 1. The second-order valence-corrected chi connectivity index (χ2v) is 4.32. The van der Waals surface area contributed by atoms with E-state index in [9.17, 15) is 9.59 Å². The summed E-state index contributed by atoms with van der Waals surface area (Å²) in [7, 11) is 1.45. The molecule has 0 aliphatic rings. The van der Waals surface area contributed by atoms with Crippen molar-refractivity contribution in [2.24, 2.45) is 0 Å². The summed E-state index contributed by atoms with van der Waals surface area (Å²) >= 11 is 1.30. The lowest BCUT2D eigenvalue weighted by molar-refractivity contribution is -0.147. The Hall–Kier alpha value is -1.43. The first-order chi connectivity index (χ1) is 6.87. The van der Waals surface area contributed by atoms with Gasteiger partial charge < -0.3 is 10.0 Å². The van der Waals surface area contributed by atoms with E-state index in [0.29, 0.717) is 0 Å². The van der Waals surface area contributed by atoms with Gasteiger partial charge in [0.15, 0.2) is 0 Å². The fraction of sp³-hybridized carbons (Fsp3) is 0.444. The highest BCUT2D eigenvalue weighted by Crippen LogP contribution is 2.16. The minimum absolute atomic E-state index is 0.275. The Bertz CT molecular complexity index is 373. The van der Waals surface area contributed by atoms with Gasteiger partial charge in [-0.25, -0.2) is 9.78 Å². The highest BCUT2D eigenvalue weighted by atomic mass is 32.1. The van der Waals surface area contributed by atoms with Crippen molar-refractivity contribution in [3.63, 3.8) is 0 Å². The monoisotopic (exact) mass is 228 g/mol. The zero-order valence-electron chi connectivity index (χ0n) is 8.72. The molecule has 15 heavy (non-hydrogen) atoms. The van der Waals surface area contributed by atoms with Gasteiger partial charge in [-0.05, 0) is 13.8 Å². The quantitative estimate of drug-likeness (QED) is 0.840. The van der Waals surface area contributed by atoms with Crippen LogP contribution in [0.2, 0.25) is 0 Å². The van der Waals surface area contributed by atoms with Crippen molar-refractivity contribution in [3.05, 3.63) is 16.6 Å². The summed E-state index contributed by atoms with van der Waals surface area (Å²) in [4.78, 5) is 27.7. The van der Waals surface area contributed by atoms with E-state index >= 15 is 0 Å². The van der Waals surface area contributed by atoms with E-state index in [2.05, 4.69) is 4.98 Å². The van der Waals surface area contributed by atoms with Crippen molar-refractivity contribution in [1.29, 1.82) is 0 Å². The lowest BCUT2D eigenvalue weighted by atomic mass is 10.0. The Morgan fingerprint density at radius 2 is 2.13 bits per heavy atom. The van der Waals surface area contributed by atoms with Gasteiger partial charge in [0.25, 0.3) is 5.91 Å². The molecule has 0 bridgehead atoms. The third kappa shape index (κ3) is 2.15. The number of carboxylic acid groups (broad SMARTS) is 1. The van der Waals surface area contributed by atoms with Gasteiger partial charge in [0, 0.05) is 12.4 Å². The van der Waals surface area contributed by atoms with Gasteiger partial charge in [0.1, 0.15) is 11.2 Å². The molecule has 1 aromatic heterocycles. The maximum Gasteiger partial charge on any atom is 0.329 e. The number of hydrogen-bond acceptors (Lipinski definition) is 4. The van der Waals surface area contributed by atoms with Crippen molar-refractivity contribution in [2.45, 2.75) is 19.4 Å². The summed E-state index contributed by atoms with van der Waals surface area (Å²) in [6.45, 7) is 2.94. The average Bonchev–Trinajstić information content (AvgIpc) is 2.67. The standard InChI is InChI=1S/C9H12N2O3S/c1-9(2,8(13)14)11(3)7(12)6-4-15-5-10-6/h4-5H,1-3H3,(H,13,14). The maximum atomic E-state index is 11.8. The lowest BCUT2D eigenvalue weighted by Gasteiger charge is -2.30. The fourth-order valence-corrected chi connectivity index (χ4v) is 1.41. The van der Waals surface area contributed by atoms with Crippen LogP contribution in [0.15, 0.2) is 10.9 Å². The number of carbonyl (C=O) groups excluding carboxylic acids is 1. The van der Waals surface area contributed by atoms with E-state index in [-0.39, 0.29) is 11.6 Å². The van der Waals surface area contributed by atoms with Crippen molar-refractivity contribution in [2.75, 3.05) is 7.05 Å². The molecule has 0 unspecified atom stereocenters. The lowest BCUT2D eigenvalue weighted by Crippen LogP contribution is -2.50. The van der Waals surface area contributed by atoms with Gasteiger partial charge in [-0.3, -0.25) is 4.79 Å². The Morgan fingerprint density at radius 3 is 2.53 bits per heavy atom. The van der Waals surface area contributed by atoms with E-state index in [1.807, 2.05) is 0 Å². The third-order valence-corrected chi connectivity index (χ3v) is 2.90. The molecule has 1 aromatic rings. The number of nitrogens with zero attached hydrogens (tertiary/aromatic N) is 2. The molecule has 0 saturated carbocycles. The van der Waals surface area contributed by atoms with Crippen LogP contribution in [-0.2, 0) is 4.79 Å². The van der Waals surface area contributed by atoms with Crippen molar-refractivity contribution in [1.82, 2.24) is 9.88 Å². The van der Waals surface area contributed by atoms with Crippen LogP contribution in [-0.4, -0.2) is 39.5 Å². The predicted octanol–water partition coefficient (Wildman–Crippen LogP) is 1.08. The molecule has 82 valence electrons. The molecule has 1 N–H and O–H groups in total. The molecule has 0 atom stereocenters. The number of carboxylic acids is 1. The van der Waals surface area contributed by atoms with Crippen LogP contribution in [0.5, 0.6) is 0 Å². The van der Waals surface area contributed by atoms with Gasteiger partial charge in [-0.1, -0.05) is 0 Å². The van der Waals surface area contributed by atoms with Gasteiger partial charge >= 0.3 is 5.97 Å². The average molecular weight is 228 g/mol. The second kappa shape index (κ2) is 3.98. The smallest absolute Gasteiger partial charge is 0.329 e. The molecule has 0 aliphatic heterocycles. The van der Waals surface area contributed by atoms with Crippen LogP contribution in [0.3, 0.4) is 0 Å². The molecule has 0 aromatic carbocycles. The Morgan fingerprint density at radius 1 is 1.53 bits per heavy atom. The molecular weight excluding hydrogens is 216 g/mol. The molecule has 0 aliphatic carbocycles. The van der Waals surface area contributed by atoms with E-state index in [0.717, 1.165) is 0 Å². The van der Waals surface area contributed by atoms with Crippen LogP contribution in [0.4, 0.5) is 0 Å². The maximum absolute atomic E-state index is 11.8. The molecule has 0 radical (unpaired) electrons. The first-order valence-corrected chi connectivity index (χ1v) is 5.21. The van der Waals surface area contributed by atoms with E-state index in [1.165, 1.54) is 42.6 Å². The molecule has 5 nitrogen and oxygen atoms in total. The number of thiazole rings is 1. The van der Waals surface area contributed by atoms with E-state index in [1.54, 1.807) is 5.38 Å². The summed E-state index contributed by atoms with van der Waals surface area (Å²) in [5.41, 5.74) is 0.576. The van der Waals surface area contributed by atoms with Gasteiger partial charge in [0.2, 0.25) is 0 Å². The molecule has 6 heteroatoms. The largest absolute Gasteiger partial charge is 0.480 e. The van der Waals surface area contributed by atoms with Crippen LogP contribution >= 0.6 is 11.3 Å². The first-order valence-electron chi connectivity index (χ1n) is 4.27. The zero-order valence-corrected chi connectivity index (χ0v) is 9.54. The van der Waals surface area contributed by atoms with Crippen LogP contribution in [0.25, 0.3) is 0 Å². The third-order valence-electron chi connectivity index (χ3n) is 2.32. The highest BCUT2D eigenvalue weighted by molar-refractivity contribution is 7.07. The van der Waals surface area contributed by atoms with Gasteiger partial charge in [-0.15, -0.1) is 11.3 Å². The van der Waals surface area contributed by atoms with Crippen molar-refractivity contribution in [3.8, 4) is 0 Å². The molecule has 1 rings (SSSR count). The topological polar surface area (TPSA) is 70.5 Å². The molecule has 0 spiro atoms. The summed E-state index contributed by atoms with van der Waals surface area (Å²) in [5.74, 6) is -1.43. The molecule has 0 saturated heterocycles. The van der Waals surface area contributed by atoms with Gasteiger partial charge in [0.05, 0.1) is 5.51 Å². The number of amides is 1. The van der Waals surface area contributed by atoms with Crippen molar-refractivity contribution < 1.29 is 14.7 Å². The zero-order chi connectivity index (χ0) is 11.6. The number of carbonyl (C=O) groups is 2. The molecular formula is C9H12N2O3S. The fourth-order valence-electron chi connectivity index (χ4n) is 0.887. The van der Waals surface area contributed by atoms with Crippen LogP contribution < -0.4 is 0 Å². The van der Waals surface area contributed by atoms with E-state index < -0.39 is 11.5 Å². The Labute approximate surface area is 91.4 Å². The summed E-state index contributed by atoms with van der Waals surface area (Å²) < 4.78 is 0. The Kier molecular flexibility index (Phi) is 3.09. The molecule has 1 heterocycles. The molecule has 0 fully saturated rings. The Balaban J connectivity index is 2.91. The summed E-state index contributed by atoms with van der Waals surface area (Å²) in [6, 6.07) is 0. The van der Waals surface area contributed by atoms with Crippen molar-refractivity contribution >= 4 is 23.2 Å². The minimum Gasteiger partial charge on any atom is -0.480 e. The normalized spacial score (nSPS) is 11.1. The summed E-state index contributed by atoms with van der Waals surface area (Å²) in [5, 5.41) is 10.5. The number of aliphatic carboxylic acids is 1. The number of hydrogen-bond donors (Lipinski definition) is 1. The van der Waals surface area contributed by atoms with Gasteiger partial charge in [-0.2, -0.15) is 0 Å². The summed E-state index contributed by atoms with van der Waals surface area (Å²) in [6.07, 6.45) is 0. The highest BCUT2D eigenvalue weighted by Gasteiger charge is 2.36. The first kappa shape index (κ1) is 11.6.